The molecule has 1 fully saturated rings. The number of hydrogen-bond donors (Lipinski definition) is 1. The van der Waals surface area contributed by atoms with Gasteiger partial charge in [0.05, 0.1) is 0 Å². The number of hydrogen-bond acceptors (Lipinski definition) is 1. The van der Waals surface area contributed by atoms with Gasteiger partial charge in [0.1, 0.15) is 0 Å². The predicted octanol–water partition coefficient (Wildman–Crippen LogP) is 2.55. The fourth-order valence-electron chi connectivity index (χ4n) is 1.91. The third kappa shape index (κ3) is 2.42. The van der Waals surface area contributed by atoms with E-state index < -0.39 is 0 Å². The summed E-state index contributed by atoms with van der Waals surface area (Å²) in [6.07, 6.45) is 6.98. The van der Waals surface area contributed by atoms with E-state index in [9.17, 15) is 0 Å². The lowest BCUT2D eigenvalue weighted by molar-refractivity contribution is 0.293. The summed E-state index contributed by atoms with van der Waals surface area (Å²) < 4.78 is 0. The smallest absolute Gasteiger partial charge is 0.0324 e. The fourth-order valence-corrected chi connectivity index (χ4v) is 2.60. The monoisotopic (exact) mass is 173 g/mol. The standard InChI is InChI=1S/C9H20NP/c1-9(10,11-2)8-6-4-3-5-7-8/h8,11H,3-7,10H2,1-2H3. The Morgan fingerprint density at radius 3 is 2.27 bits per heavy atom. The molecule has 2 N–H and O–H groups in total. The number of nitrogens with two attached hydrogens (primary N) is 1. The van der Waals surface area contributed by atoms with E-state index in [1.807, 2.05) is 0 Å². The fraction of sp³-hybridized carbons (Fsp3) is 1.00. The summed E-state index contributed by atoms with van der Waals surface area (Å²) in [5.74, 6) is 0.805. The molecule has 0 saturated heterocycles. The lowest BCUT2D eigenvalue weighted by atomic mass is 9.84. The molecule has 2 heteroatoms. The highest BCUT2D eigenvalue weighted by atomic mass is 31.1. The SMILES string of the molecule is CPC(C)(N)C1CCCCC1. The molecule has 1 nitrogen and oxygen atoms in total. The van der Waals surface area contributed by atoms with E-state index in [-0.39, 0.29) is 5.28 Å². The van der Waals surface area contributed by atoms with E-state index >= 15 is 0 Å². The van der Waals surface area contributed by atoms with Gasteiger partial charge in [-0.05, 0) is 32.3 Å². The first-order valence-corrected chi connectivity index (χ1v) is 6.14. The second-order valence-corrected chi connectivity index (χ2v) is 5.44. The largest absolute Gasteiger partial charge is 0.322 e. The van der Waals surface area contributed by atoms with Crippen molar-refractivity contribution < 1.29 is 0 Å². The molecule has 0 aromatic carbocycles. The normalized spacial score (nSPS) is 27.5. The van der Waals surface area contributed by atoms with Crippen molar-refractivity contribution in [3.05, 3.63) is 0 Å². The van der Waals surface area contributed by atoms with Crippen LogP contribution >= 0.6 is 8.58 Å². The zero-order valence-corrected chi connectivity index (χ0v) is 8.69. The van der Waals surface area contributed by atoms with Crippen molar-refractivity contribution in [2.75, 3.05) is 6.66 Å². The predicted molar refractivity (Wildman–Crippen MR) is 53.4 cm³/mol. The second-order valence-electron chi connectivity index (χ2n) is 3.87. The first-order valence-electron chi connectivity index (χ1n) is 4.64. The van der Waals surface area contributed by atoms with Crippen LogP contribution in [0.4, 0.5) is 0 Å². The van der Waals surface area contributed by atoms with Gasteiger partial charge < -0.3 is 5.73 Å². The lowest BCUT2D eigenvalue weighted by Gasteiger charge is -2.35. The Balaban J connectivity index is 2.43. The maximum atomic E-state index is 6.20. The molecule has 0 heterocycles. The van der Waals surface area contributed by atoms with Gasteiger partial charge in [-0.15, -0.1) is 8.58 Å². The average molecular weight is 173 g/mol. The van der Waals surface area contributed by atoms with Crippen molar-refractivity contribution in [2.24, 2.45) is 11.7 Å². The van der Waals surface area contributed by atoms with Crippen LogP contribution in [0, 0.1) is 5.92 Å². The van der Waals surface area contributed by atoms with E-state index in [0.717, 1.165) is 14.5 Å². The molecule has 1 aliphatic carbocycles. The number of rotatable bonds is 2. The molecule has 0 aliphatic heterocycles. The van der Waals surface area contributed by atoms with Crippen LogP contribution in [-0.4, -0.2) is 11.9 Å². The van der Waals surface area contributed by atoms with Gasteiger partial charge in [-0.3, -0.25) is 0 Å². The summed E-state index contributed by atoms with van der Waals surface area (Å²) in [6.45, 7) is 4.45. The van der Waals surface area contributed by atoms with Crippen LogP contribution in [0.1, 0.15) is 39.0 Å². The van der Waals surface area contributed by atoms with Crippen molar-refractivity contribution in [1.82, 2.24) is 0 Å². The molecule has 2 unspecified atom stereocenters. The van der Waals surface area contributed by atoms with E-state index in [4.69, 9.17) is 5.73 Å². The molecular formula is C9H20NP. The first kappa shape index (κ1) is 9.48. The van der Waals surface area contributed by atoms with Gasteiger partial charge in [-0.25, -0.2) is 0 Å². The van der Waals surface area contributed by atoms with Crippen molar-refractivity contribution >= 4 is 8.58 Å². The summed E-state index contributed by atoms with van der Waals surface area (Å²) >= 11 is 0. The van der Waals surface area contributed by atoms with E-state index in [2.05, 4.69) is 13.6 Å². The maximum Gasteiger partial charge on any atom is 0.0324 e. The molecule has 1 saturated carbocycles. The highest BCUT2D eigenvalue weighted by Gasteiger charge is 2.29. The van der Waals surface area contributed by atoms with Gasteiger partial charge in [-0.1, -0.05) is 19.3 Å². The summed E-state index contributed by atoms with van der Waals surface area (Å²) in [6, 6.07) is 0. The van der Waals surface area contributed by atoms with E-state index in [1.165, 1.54) is 32.1 Å². The van der Waals surface area contributed by atoms with Gasteiger partial charge in [0, 0.05) is 5.28 Å². The van der Waals surface area contributed by atoms with Gasteiger partial charge in [0.2, 0.25) is 0 Å². The van der Waals surface area contributed by atoms with Crippen LogP contribution in [0.2, 0.25) is 0 Å². The molecule has 2 atom stereocenters. The summed E-state index contributed by atoms with van der Waals surface area (Å²) in [7, 11) is 0.893. The van der Waals surface area contributed by atoms with Gasteiger partial charge in [-0.2, -0.15) is 0 Å². The van der Waals surface area contributed by atoms with Gasteiger partial charge in [0.25, 0.3) is 0 Å². The molecule has 0 aromatic rings. The summed E-state index contributed by atoms with van der Waals surface area (Å²) in [4.78, 5) is 0. The third-order valence-electron chi connectivity index (χ3n) is 2.99. The van der Waals surface area contributed by atoms with Crippen molar-refractivity contribution in [3.63, 3.8) is 0 Å². The Morgan fingerprint density at radius 1 is 1.27 bits per heavy atom. The second kappa shape index (κ2) is 3.87. The van der Waals surface area contributed by atoms with Crippen LogP contribution in [0.5, 0.6) is 0 Å². The van der Waals surface area contributed by atoms with Crippen molar-refractivity contribution in [3.8, 4) is 0 Å². The molecule has 0 aromatic heterocycles. The van der Waals surface area contributed by atoms with Crippen molar-refractivity contribution in [1.29, 1.82) is 0 Å². The van der Waals surface area contributed by atoms with Crippen molar-refractivity contribution in [2.45, 2.75) is 44.3 Å². The van der Waals surface area contributed by atoms with Crippen LogP contribution < -0.4 is 5.73 Å². The molecule has 0 amide bonds. The Labute approximate surface area is 71.9 Å². The van der Waals surface area contributed by atoms with Crippen LogP contribution in [-0.2, 0) is 0 Å². The van der Waals surface area contributed by atoms with E-state index in [1.54, 1.807) is 0 Å². The average Bonchev–Trinajstić information content (AvgIpc) is 2.06. The zero-order valence-electron chi connectivity index (χ0n) is 7.69. The summed E-state index contributed by atoms with van der Waals surface area (Å²) in [5.41, 5.74) is 6.20. The Morgan fingerprint density at radius 2 is 1.82 bits per heavy atom. The van der Waals surface area contributed by atoms with Gasteiger partial charge >= 0.3 is 0 Å². The highest BCUT2D eigenvalue weighted by molar-refractivity contribution is 7.38. The minimum absolute atomic E-state index is 0.139. The Kier molecular flexibility index (Phi) is 3.33. The molecule has 66 valence electrons. The molecule has 11 heavy (non-hydrogen) atoms. The first-order chi connectivity index (χ1) is 5.17. The zero-order chi connectivity index (χ0) is 8.32. The van der Waals surface area contributed by atoms with Gasteiger partial charge in [0.15, 0.2) is 0 Å². The van der Waals surface area contributed by atoms with Crippen LogP contribution in [0.25, 0.3) is 0 Å². The summed E-state index contributed by atoms with van der Waals surface area (Å²) in [5, 5.41) is 0.139. The molecule has 1 rings (SSSR count). The Bertz CT molecular complexity index is 117. The third-order valence-corrected chi connectivity index (χ3v) is 4.48. The van der Waals surface area contributed by atoms with Crippen LogP contribution in [0.3, 0.4) is 0 Å². The minimum Gasteiger partial charge on any atom is -0.322 e. The molecular weight excluding hydrogens is 153 g/mol. The molecule has 0 spiro atoms. The Hall–Kier alpha value is 0.390. The minimum atomic E-state index is 0.139. The van der Waals surface area contributed by atoms with E-state index in [0.29, 0.717) is 0 Å². The lowest BCUT2D eigenvalue weighted by Crippen LogP contribution is -2.40. The maximum absolute atomic E-state index is 6.20. The molecule has 1 aliphatic rings. The molecule has 0 bridgehead atoms. The molecule has 0 radical (unpaired) electrons. The highest BCUT2D eigenvalue weighted by Crippen LogP contribution is 2.39. The van der Waals surface area contributed by atoms with Crippen LogP contribution in [0.15, 0.2) is 0 Å². The topological polar surface area (TPSA) is 26.0 Å². The quantitative estimate of drug-likeness (QED) is 0.638.